The largest absolute Gasteiger partial charge is 0.314 e. The van der Waals surface area contributed by atoms with Crippen molar-refractivity contribution in [2.45, 2.75) is 26.3 Å². The lowest BCUT2D eigenvalue weighted by Gasteiger charge is -2.12. The van der Waals surface area contributed by atoms with E-state index in [1.165, 1.54) is 6.07 Å². The fraction of sp³-hybridized carbons (Fsp3) is 0.417. The van der Waals surface area contributed by atoms with Gasteiger partial charge in [-0.15, -0.1) is 0 Å². The summed E-state index contributed by atoms with van der Waals surface area (Å²) in [7, 11) is 0. The molecule has 1 atom stereocenters. The molecule has 0 fully saturated rings. The molecule has 94 valence electrons. The summed E-state index contributed by atoms with van der Waals surface area (Å²) in [6.07, 6.45) is 0.253. The summed E-state index contributed by atoms with van der Waals surface area (Å²) in [5.41, 5.74) is 0.0444. The van der Waals surface area contributed by atoms with Crippen LogP contribution in [0.5, 0.6) is 0 Å². The number of rotatable bonds is 5. The number of ketones is 1. The number of hydrogen-bond acceptors (Lipinski definition) is 2. The molecule has 1 unspecified atom stereocenters. The minimum absolute atomic E-state index is 0.0225. The Hall–Kier alpha value is -0.450. The first-order valence-corrected chi connectivity index (χ1v) is 6.54. The van der Waals surface area contributed by atoms with E-state index in [1.807, 2.05) is 13.8 Å². The molecular weight excluding hydrogens is 308 g/mol. The molecule has 1 aromatic carbocycles. The lowest BCUT2D eigenvalue weighted by atomic mass is 10.0. The average Bonchev–Trinajstić information content (AvgIpc) is 2.26. The first kappa shape index (κ1) is 14.6. The van der Waals surface area contributed by atoms with E-state index < -0.39 is 5.82 Å². The molecule has 0 saturated heterocycles. The number of carbonyl (C=O) groups excluding carboxylic acids is 1. The average molecular weight is 323 g/mol. The molecule has 1 rings (SSSR count). The number of benzene rings is 1. The summed E-state index contributed by atoms with van der Waals surface area (Å²) in [5.74, 6) is -0.903. The van der Waals surface area contributed by atoms with Crippen molar-refractivity contribution in [2.75, 3.05) is 6.54 Å². The molecule has 5 heteroatoms. The highest BCUT2D eigenvalue weighted by molar-refractivity contribution is 9.10. The van der Waals surface area contributed by atoms with E-state index in [1.54, 1.807) is 6.07 Å². The Balaban J connectivity index is 2.86. The summed E-state index contributed by atoms with van der Waals surface area (Å²) in [5, 5.41) is 3.06. The molecule has 2 nitrogen and oxygen atoms in total. The third-order valence-electron chi connectivity index (χ3n) is 2.38. The van der Waals surface area contributed by atoms with Crippen LogP contribution in [0.2, 0.25) is 5.02 Å². The normalized spacial score (nSPS) is 12.5. The van der Waals surface area contributed by atoms with Gasteiger partial charge in [0.2, 0.25) is 0 Å². The molecule has 0 aliphatic heterocycles. The van der Waals surface area contributed by atoms with Gasteiger partial charge in [-0.3, -0.25) is 4.79 Å². The summed E-state index contributed by atoms with van der Waals surface area (Å²) in [6, 6.07) is 3.05. The molecule has 0 aromatic heterocycles. The van der Waals surface area contributed by atoms with Gasteiger partial charge in [0.25, 0.3) is 0 Å². The van der Waals surface area contributed by atoms with Crippen LogP contribution in [0.15, 0.2) is 16.6 Å². The summed E-state index contributed by atoms with van der Waals surface area (Å²) in [6.45, 7) is 4.62. The Labute approximate surface area is 114 Å². The molecule has 0 spiro atoms. The zero-order valence-electron chi connectivity index (χ0n) is 9.69. The van der Waals surface area contributed by atoms with E-state index in [9.17, 15) is 9.18 Å². The van der Waals surface area contributed by atoms with E-state index in [2.05, 4.69) is 21.2 Å². The predicted molar refractivity (Wildman–Crippen MR) is 71.2 cm³/mol. The quantitative estimate of drug-likeness (QED) is 0.660. The second kappa shape index (κ2) is 6.47. The van der Waals surface area contributed by atoms with Gasteiger partial charge in [-0.25, -0.2) is 4.39 Å². The lowest BCUT2D eigenvalue weighted by molar-refractivity contribution is 0.0968. The highest BCUT2D eigenvalue weighted by atomic mass is 79.9. The first-order valence-electron chi connectivity index (χ1n) is 5.37. The second-order valence-corrected chi connectivity index (χ2v) is 5.04. The second-order valence-electron chi connectivity index (χ2n) is 3.81. The maximum Gasteiger partial charge on any atom is 0.167 e. The van der Waals surface area contributed by atoms with Crippen LogP contribution in [0.1, 0.15) is 30.6 Å². The molecule has 0 aliphatic carbocycles. The molecule has 0 radical (unpaired) electrons. The smallest absolute Gasteiger partial charge is 0.167 e. The minimum atomic E-state index is -0.658. The van der Waals surface area contributed by atoms with Crippen LogP contribution >= 0.6 is 27.5 Å². The summed E-state index contributed by atoms with van der Waals surface area (Å²) in [4.78, 5) is 11.9. The maximum absolute atomic E-state index is 13.7. The zero-order valence-corrected chi connectivity index (χ0v) is 12.0. The van der Waals surface area contributed by atoms with E-state index in [0.717, 1.165) is 6.54 Å². The number of nitrogens with one attached hydrogen (secondary N) is 1. The summed E-state index contributed by atoms with van der Waals surface area (Å²) >= 11 is 8.84. The van der Waals surface area contributed by atoms with Crippen molar-refractivity contribution in [2.24, 2.45) is 0 Å². The van der Waals surface area contributed by atoms with Crippen molar-refractivity contribution in [1.29, 1.82) is 0 Å². The Morgan fingerprint density at radius 3 is 2.82 bits per heavy atom. The van der Waals surface area contributed by atoms with Gasteiger partial charge in [-0.2, -0.15) is 0 Å². The van der Waals surface area contributed by atoms with Gasteiger partial charge in [0.15, 0.2) is 11.6 Å². The van der Waals surface area contributed by atoms with Crippen LogP contribution in [0.25, 0.3) is 0 Å². The Morgan fingerprint density at radius 1 is 1.59 bits per heavy atom. The van der Waals surface area contributed by atoms with Gasteiger partial charge in [0, 0.05) is 16.9 Å². The van der Waals surface area contributed by atoms with Gasteiger partial charge >= 0.3 is 0 Å². The summed E-state index contributed by atoms with van der Waals surface area (Å²) < 4.78 is 14.2. The van der Waals surface area contributed by atoms with E-state index >= 15 is 0 Å². The van der Waals surface area contributed by atoms with Crippen molar-refractivity contribution >= 4 is 33.3 Å². The molecule has 0 aliphatic rings. The third kappa shape index (κ3) is 3.76. The van der Waals surface area contributed by atoms with Crippen molar-refractivity contribution < 1.29 is 9.18 Å². The van der Waals surface area contributed by atoms with Crippen LogP contribution in [0, 0.1) is 5.82 Å². The SMILES string of the molecule is CCNC(C)CC(=O)c1ccc(Br)c(Cl)c1F. The fourth-order valence-corrected chi connectivity index (χ4v) is 2.02. The minimum Gasteiger partial charge on any atom is -0.314 e. The molecule has 1 N–H and O–H groups in total. The highest BCUT2D eigenvalue weighted by Gasteiger charge is 2.18. The van der Waals surface area contributed by atoms with Crippen molar-refractivity contribution in [1.82, 2.24) is 5.32 Å². The third-order valence-corrected chi connectivity index (χ3v) is 3.64. The molecule has 0 saturated carbocycles. The molecular formula is C12H14BrClFNO. The predicted octanol–water partition coefficient (Wildman–Crippen LogP) is 3.81. The topological polar surface area (TPSA) is 29.1 Å². The van der Waals surface area contributed by atoms with Crippen LogP contribution in [0.4, 0.5) is 4.39 Å². The van der Waals surface area contributed by atoms with Gasteiger partial charge in [-0.05, 0) is 41.5 Å². The fourth-order valence-electron chi connectivity index (χ4n) is 1.55. The standard InChI is InChI=1S/C12H14BrClFNO/c1-3-16-7(2)6-10(17)8-4-5-9(13)11(14)12(8)15/h4-5,7,16H,3,6H2,1-2H3. The first-order chi connectivity index (χ1) is 7.97. The van der Waals surface area contributed by atoms with Crippen molar-refractivity contribution in [3.63, 3.8) is 0 Å². The number of halogens is 3. The van der Waals surface area contributed by atoms with Gasteiger partial charge in [0.05, 0.1) is 10.6 Å². The van der Waals surface area contributed by atoms with Crippen molar-refractivity contribution in [3.8, 4) is 0 Å². The molecule has 1 aromatic rings. The molecule has 0 bridgehead atoms. The van der Waals surface area contributed by atoms with Gasteiger partial charge in [-0.1, -0.05) is 18.5 Å². The van der Waals surface area contributed by atoms with E-state index in [4.69, 9.17) is 11.6 Å². The number of carbonyl (C=O) groups is 1. The number of Topliss-reactive ketones (excluding diaryl/α,β-unsaturated/α-hetero) is 1. The molecule has 17 heavy (non-hydrogen) atoms. The van der Waals surface area contributed by atoms with Crippen molar-refractivity contribution in [3.05, 3.63) is 33.0 Å². The Kier molecular flexibility index (Phi) is 5.56. The highest BCUT2D eigenvalue weighted by Crippen LogP contribution is 2.28. The van der Waals surface area contributed by atoms with Crippen LogP contribution < -0.4 is 5.32 Å². The Morgan fingerprint density at radius 2 is 2.24 bits per heavy atom. The number of hydrogen-bond donors (Lipinski definition) is 1. The van der Waals surface area contributed by atoms with Gasteiger partial charge in [0.1, 0.15) is 0 Å². The van der Waals surface area contributed by atoms with Crippen LogP contribution in [0.3, 0.4) is 0 Å². The lowest BCUT2D eigenvalue weighted by Crippen LogP contribution is -2.28. The monoisotopic (exact) mass is 321 g/mol. The molecule has 0 amide bonds. The van der Waals surface area contributed by atoms with Gasteiger partial charge < -0.3 is 5.32 Å². The van der Waals surface area contributed by atoms with Crippen LogP contribution in [-0.4, -0.2) is 18.4 Å². The van der Waals surface area contributed by atoms with E-state index in [0.29, 0.717) is 4.47 Å². The van der Waals surface area contributed by atoms with Crippen LogP contribution in [-0.2, 0) is 0 Å². The van der Waals surface area contributed by atoms with E-state index in [-0.39, 0.29) is 28.8 Å². The Bertz CT molecular complexity index is 425. The zero-order chi connectivity index (χ0) is 13.0. The molecule has 0 heterocycles. The maximum atomic E-state index is 13.7.